The molecule has 0 spiro atoms. The summed E-state index contributed by atoms with van der Waals surface area (Å²) >= 11 is 11.9. The molecule has 2 heterocycles. The highest BCUT2D eigenvalue weighted by Crippen LogP contribution is 2.32. The van der Waals surface area contributed by atoms with E-state index >= 15 is 0 Å². The second-order valence-corrected chi connectivity index (χ2v) is 7.29. The van der Waals surface area contributed by atoms with Crippen molar-refractivity contribution < 1.29 is 13.6 Å². The van der Waals surface area contributed by atoms with Gasteiger partial charge in [0.25, 0.3) is 5.91 Å². The van der Waals surface area contributed by atoms with E-state index in [1.54, 1.807) is 27.7 Å². The van der Waals surface area contributed by atoms with E-state index in [4.69, 9.17) is 23.2 Å². The molecule has 1 aliphatic heterocycles. The molecule has 0 radical (unpaired) electrons. The summed E-state index contributed by atoms with van der Waals surface area (Å²) in [6.07, 6.45) is 0. The van der Waals surface area contributed by atoms with Crippen LogP contribution in [0.5, 0.6) is 0 Å². The molecule has 9 heteroatoms. The maximum absolute atomic E-state index is 14.2. The molecule has 5 nitrogen and oxygen atoms in total. The van der Waals surface area contributed by atoms with E-state index in [2.05, 4.69) is 10.2 Å². The van der Waals surface area contributed by atoms with Crippen molar-refractivity contribution in [1.29, 1.82) is 0 Å². The highest BCUT2D eigenvalue weighted by molar-refractivity contribution is 6.43. The molecule has 0 fully saturated rings. The fourth-order valence-corrected chi connectivity index (χ4v) is 3.67. The molecule has 144 valence electrons. The second-order valence-electron chi connectivity index (χ2n) is 6.54. The Labute approximate surface area is 169 Å². The molecule has 1 atom stereocenters. The number of nitrogens with zero attached hydrogens (tertiary/aromatic N) is 4. The minimum Gasteiger partial charge on any atom is -0.327 e. The smallest absolute Gasteiger partial charge is 0.256 e. The van der Waals surface area contributed by atoms with Gasteiger partial charge < -0.3 is 9.47 Å². The first-order valence-electron chi connectivity index (χ1n) is 8.50. The van der Waals surface area contributed by atoms with Gasteiger partial charge in [0.05, 0.1) is 27.7 Å². The average molecular weight is 423 g/mol. The van der Waals surface area contributed by atoms with Crippen molar-refractivity contribution in [2.45, 2.75) is 26.1 Å². The normalized spacial score (nSPS) is 16.2. The van der Waals surface area contributed by atoms with Gasteiger partial charge in [-0.15, -0.1) is 10.2 Å². The quantitative estimate of drug-likeness (QED) is 0.568. The summed E-state index contributed by atoms with van der Waals surface area (Å²) in [7, 11) is 0. The Kier molecular flexibility index (Phi) is 4.81. The summed E-state index contributed by atoms with van der Waals surface area (Å²) < 4.78 is 29.5. The maximum atomic E-state index is 14.2. The Hall–Kier alpha value is -2.51. The number of carbonyl (C=O) groups excluding carboxylic acids is 1. The summed E-state index contributed by atoms with van der Waals surface area (Å²) in [4.78, 5) is 14.5. The molecule has 28 heavy (non-hydrogen) atoms. The zero-order valence-corrected chi connectivity index (χ0v) is 16.2. The number of amides is 1. The molecule has 0 bridgehead atoms. The van der Waals surface area contributed by atoms with Crippen LogP contribution in [0.15, 0.2) is 36.4 Å². The minimum atomic E-state index is -0.691. The van der Waals surface area contributed by atoms with Gasteiger partial charge >= 0.3 is 0 Å². The van der Waals surface area contributed by atoms with Gasteiger partial charge in [-0.3, -0.25) is 4.79 Å². The lowest BCUT2D eigenvalue weighted by atomic mass is 10.1. The summed E-state index contributed by atoms with van der Waals surface area (Å²) in [5, 5.41) is 7.82. The monoisotopic (exact) mass is 422 g/mol. The fraction of sp³-hybridized carbons (Fsp3) is 0.211. The Morgan fingerprint density at radius 2 is 1.82 bits per heavy atom. The van der Waals surface area contributed by atoms with Crippen LogP contribution < -0.4 is 0 Å². The molecular weight excluding hydrogens is 409 g/mol. The third kappa shape index (κ3) is 3.04. The van der Waals surface area contributed by atoms with Crippen molar-refractivity contribution in [3.8, 4) is 11.4 Å². The highest BCUT2D eigenvalue weighted by atomic mass is 35.5. The van der Waals surface area contributed by atoms with Crippen LogP contribution in [0, 0.1) is 11.6 Å². The molecule has 1 aromatic heterocycles. The van der Waals surface area contributed by atoms with Crippen LogP contribution in [-0.2, 0) is 13.1 Å². The van der Waals surface area contributed by atoms with Gasteiger partial charge in [-0.2, -0.15) is 0 Å². The molecule has 4 rings (SSSR count). The second kappa shape index (κ2) is 7.14. The van der Waals surface area contributed by atoms with Crippen molar-refractivity contribution in [1.82, 2.24) is 19.7 Å². The van der Waals surface area contributed by atoms with Crippen molar-refractivity contribution >= 4 is 29.1 Å². The largest absolute Gasteiger partial charge is 0.327 e. The minimum absolute atomic E-state index is 0.113. The van der Waals surface area contributed by atoms with E-state index in [-0.39, 0.29) is 34.1 Å². The van der Waals surface area contributed by atoms with E-state index in [0.717, 1.165) is 6.07 Å². The van der Waals surface area contributed by atoms with Crippen LogP contribution in [0.25, 0.3) is 11.4 Å². The van der Waals surface area contributed by atoms with E-state index in [0.29, 0.717) is 23.8 Å². The van der Waals surface area contributed by atoms with Gasteiger partial charge in [-0.25, -0.2) is 8.78 Å². The van der Waals surface area contributed by atoms with Gasteiger partial charge in [0, 0.05) is 12.6 Å². The zero-order valence-electron chi connectivity index (χ0n) is 14.7. The zero-order chi connectivity index (χ0) is 20.0. The number of halogens is 4. The van der Waals surface area contributed by atoms with Gasteiger partial charge in [0.15, 0.2) is 11.6 Å². The lowest BCUT2D eigenvalue weighted by molar-refractivity contribution is 0.0612. The highest BCUT2D eigenvalue weighted by Gasteiger charge is 2.32. The van der Waals surface area contributed by atoms with Crippen LogP contribution in [0.2, 0.25) is 10.0 Å². The molecular formula is C19H14Cl2F2N4O. The molecule has 3 aromatic rings. The SMILES string of the molecule is C[C@H]1Cn2c(nnc2-c2ccccc2F)CN1C(=O)c1ccc(F)c(Cl)c1Cl. The molecule has 0 N–H and O–H groups in total. The van der Waals surface area contributed by atoms with E-state index < -0.39 is 11.6 Å². The van der Waals surface area contributed by atoms with Gasteiger partial charge in [0.2, 0.25) is 0 Å². The Balaban J connectivity index is 1.68. The fourth-order valence-electron chi connectivity index (χ4n) is 3.27. The number of hydrogen-bond donors (Lipinski definition) is 0. The predicted octanol–water partition coefficient (Wildman–Crippen LogP) is 4.57. The Morgan fingerprint density at radius 3 is 2.57 bits per heavy atom. The number of fused-ring (bicyclic) bond motifs is 1. The van der Waals surface area contributed by atoms with Crippen LogP contribution in [0.4, 0.5) is 8.78 Å². The van der Waals surface area contributed by atoms with Gasteiger partial charge in [-0.05, 0) is 31.2 Å². The summed E-state index contributed by atoms with van der Waals surface area (Å²) in [5.41, 5.74) is 0.462. The molecule has 1 amide bonds. The lowest BCUT2D eigenvalue weighted by Crippen LogP contribution is -2.45. The first kappa shape index (κ1) is 18.8. The number of aromatic nitrogens is 3. The van der Waals surface area contributed by atoms with Crippen molar-refractivity contribution in [3.05, 3.63) is 69.5 Å². The van der Waals surface area contributed by atoms with Crippen LogP contribution in [-0.4, -0.2) is 31.6 Å². The molecule has 0 unspecified atom stereocenters. The number of carbonyl (C=O) groups is 1. The van der Waals surface area contributed by atoms with E-state index in [1.807, 2.05) is 6.92 Å². The number of hydrogen-bond acceptors (Lipinski definition) is 3. The van der Waals surface area contributed by atoms with Gasteiger partial charge in [0.1, 0.15) is 11.6 Å². The molecule has 2 aromatic carbocycles. The summed E-state index contributed by atoms with van der Waals surface area (Å²) in [6, 6.07) is 8.49. The van der Waals surface area contributed by atoms with Crippen LogP contribution in [0.3, 0.4) is 0 Å². The Bertz CT molecular complexity index is 1090. The Morgan fingerprint density at radius 1 is 1.07 bits per heavy atom. The first-order valence-corrected chi connectivity index (χ1v) is 9.25. The van der Waals surface area contributed by atoms with Crippen LogP contribution in [0.1, 0.15) is 23.1 Å². The third-order valence-electron chi connectivity index (χ3n) is 4.76. The van der Waals surface area contributed by atoms with E-state index in [9.17, 15) is 13.6 Å². The number of rotatable bonds is 2. The third-order valence-corrected chi connectivity index (χ3v) is 5.62. The van der Waals surface area contributed by atoms with E-state index in [1.165, 1.54) is 12.1 Å². The van der Waals surface area contributed by atoms with Crippen molar-refractivity contribution in [2.24, 2.45) is 0 Å². The van der Waals surface area contributed by atoms with Gasteiger partial charge in [-0.1, -0.05) is 35.3 Å². The standard InChI is InChI=1S/C19H14Cl2F2N4O/c1-10-8-27-15(24-25-18(27)11-4-2-3-5-13(11)22)9-26(10)19(28)12-6-7-14(23)17(21)16(12)20/h2-7,10H,8-9H2,1H3/t10-/m0/s1. The molecule has 1 aliphatic rings. The predicted molar refractivity (Wildman–Crippen MR) is 101 cm³/mol. The summed E-state index contributed by atoms with van der Waals surface area (Å²) in [5.74, 6) is -0.536. The molecule has 0 saturated carbocycles. The molecule has 0 saturated heterocycles. The lowest BCUT2D eigenvalue weighted by Gasteiger charge is -2.34. The summed E-state index contributed by atoms with van der Waals surface area (Å²) in [6.45, 7) is 2.39. The average Bonchev–Trinajstić information content (AvgIpc) is 3.08. The van der Waals surface area contributed by atoms with Crippen molar-refractivity contribution in [3.63, 3.8) is 0 Å². The first-order chi connectivity index (χ1) is 13.4. The van der Waals surface area contributed by atoms with Crippen LogP contribution >= 0.6 is 23.2 Å². The molecule has 0 aliphatic carbocycles. The number of benzene rings is 2. The van der Waals surface area contributed by atoms with Crippen molar-refractivity contribution in [2.75, 3.05) is 0 Å². The topological polar surface area (TPSA) is 51.0 Å². The maximum Gasteiger partial charge on any atom is 0.256 e.